The fourth-order valence-corrected chi connectivity index (χ4v) is 3.13. The highest BCUT2D eigenvalue weighted by atomic mass is 35.5. The van der Waals surface area contributed by atoms with Crippen LogP contribution in [0.5, 0.6) is 0 Å². The summed E-state index contributed by atoms with van der Waals surface area (Å²) >= 11 is 7.61. The molecule has 0 atom stereocenters. The quantitative estimate of drug-likeness (QED) is 0.512. The van der Waals surface area contributed by atoms with Gasteiger partial charge in [0.05, 0.1) is 11.7 Å². The van der Waals surface area contributed by atoms with Gasteiger partial charge >= 0.3 is 0 Å². The Bertz CT molecular complexity index is 518. The predicted molar refractivity (Wildman–Crippen MR) is 87.4 cm³/mol. The number of hydrogen-bond donors (Lipinski definition) is 0. The molecule has 2 aromatic rings. The van der Waals surface area contributed by atoms with E-state index in [1.54, 1.807) is 0 Å². The van der Waals surface area contributed by atoms with Gasteiger partial charge in [-0.1, -0.05) is 26.0 Å². The lowest BCUT2D eigenvalue weighted by Crippen LogP contribution is -2.07. The molecule has 20 heavy (non-hydrogen) atoms. The molecule has 1 heterocycles. The standard InChI is InChI=1S/C16H21ClN2S/c1-3-15(4-2)19-10-9-14(18-19)12-20-16-7-5-13(11-17)6-8-16/h5-10,15H,3-4,11-12H2,1-2H3. The summed E-state index contributed by atoms with van der Waals surface area (Å²) in [6.07, 6.45) is 4.36. The fourth-order valence-electron chi connectivity index (χ4n) is 2.15. The molecule has 108 valence electrons. The van der Waals surface area contributed by atoms with Gasteiger partial charge in [-0.2, -0.15) is 5.10 Å². The van der Waals surface area contributed by atoms with Gasteiger partial charge in [0.1, 0.15) is 0 Å². The van der Waals surface area contributed by atoms with Crippen molar-refractivity contribution in [3.8, 4) is 0 Å². The van der Waals surface area contributed by atoms with Gasteiger partial charge in [-0.25, -0.2) is 0 Å². The van der Waals surface area contributed by atoms with Crippen molar-refractivity contribution in [3.63, 3.8) is 0 Å². The molecule has 1 aromatic heterocycles. The van der Waals surface area contributed by atoms with E-state index in [9.17, 15) is 0 Å². The average molecular weight is 309 g/mol. The average Bonchev–Trinajstić information content (AvgIpc) is 2.96. The highest BCUT2D eigenvalue weighted by Crippen LogP contribution is 2.23. The lowest BCUT2D eigenvalue weighted by atomic mass is 10.2. The van der Waals surface area contributed by atoms with Crippen LogP contribution in [-0.4, -0.2) is 9.78 Å². The smallest absolute Gasteiger partial charge is 0.0727 e. The van der Waals surface area contributed by atoms with Gasteiger partial charge in [0.25, 0.3) is 0 Å². The SMILES string of the molecule is CCC(CC)n1ccc(CSc2ccc(CCl)cc2)n1. The number of hydrogen-bond acceptors (Lipinski definition) is 2. The number of alkyl halides is 1. The van der Waals surface area contributed by atoms with Crippen LogP contribution in [0.2, 0.25) is 0 Å². The zero-order valence-electron chi connectivity index (χ0n) is 12.1. The summed E-state index contributed by atoms with van der Waals surface area (Å²) in [5, 5.41) is 4.68. The van der Waals surface area contributed by atoms with Gasteiger partial charge < -0.3 is 0 Å². The van der Waals surface area contributed by atoms with Crippen LogP contribution in [0.4, 0.5) is 0 Å². The number of nitrogens with zero attached hydrogens (tertiary/aromatic N) is 2. The molecule has 0 saturated carbocycles. The van der Waals surface area contributed by atoms with Gasteiger partial charge in [0, 0.05) is 22.7 Å². The van der Waals surface area contributed by atoms with Crippen molar-refractivity contribution in [1.29, 1.82) is 0 Å². The second kappa shape index (κ2) is 7.75. The third-order valence-corrected chi connectivity index (χ3v) is 4.80. The van der Waals surface area contributed by atoms with Crippen LogP contribution in [-0.2, 0) is 11.6 Å². The predicted octanol–water partition coefficient (Wildman–Crippen LogP) is 5.28. The van der Waals surface area contributed by atoms with Crippen LogP contribution < -0.4 is 0 Å². The number of thioether (sulfide) groups is 1. The first-order valence-corrected chi connectivity index (χ1v) is 8.60. The van der Waals surface area contributed by atoms with E-state index in [-0.39, 0.29) is 0 Å². The monoisotopic (exact) mass is 308 g/mol. The van der Waals surface area contributed by atoms with E-state index >= 15 is 0 Å². The largest absolute Gasteiger partial charge is 0.269 e. The van der Waals surface area contributed by atoms with Crippen LogP contribution in [0.25, 0.3) is 0 Å². The van der Waals surface area contributed by atoms with Crippen LogP contribution in [0.1, 0.15) is 44.0 Å². The van der Waals surface area contributed by atoms with E-state index in [2.05, 4.69) is 60.2 Å². The van der Waals surface area contributed by atoms with Crippen LogP contribution in [0.3, 0.4) is 0 Å². The van der Waals surface area contributed by atoms with Crippen molar-refractivity contribution in [2.24, 2.45) is 0 Å². The second-order valence-corrected chi connectivity index (χ2v) is 6.14. The summed E-state index contributed by atoms with van der Waals surface area (Å²) < 4.78 is 2.10. The molecule has 2 nitrogen and oxygen atoms in total. The molecule has 0 aliphatic carbocycles. The normalized spacial score (nSPS) is 11.2. The second-order valence-electron chi connectivity index (χ2n) is 4.82. The Morgan fingerprint density at radius 1 is 1.15 bits per heavy atom. The first kappa shape index (κ1) is 15.5. The van der Waals surface area contributed by atoms with Crippen LogP contribution in [0.15, 0.2) is 41.4 Å². The Hall–Kier alpha value is -0.930. The number of benzene rings is 1. The molecular weight excluding hydrogens is 288 g/mol. The molecule has 2 rings (SSSR count). The van der Waals surface area contributed by atoms with Gasteiger partial charge in [-0.3, -0.25) is 4.68 Å². The first-order valence-electron chi connectivity index (χ1n) is 7.08. The highest BCUT2D eigenvalue weighted by molar-refractivity contribution is 7.98. The minimum atomic E-state index is 0.525. The van der Waals surface area contributed by atoms with Crippen molar-refractivity contribution in [2.45, 2.75) is 49.3 Å². The Morgan fingerprint density at radius 3 is 2.45 bits per heavy atom. The van der Waals surface area contributed by atoms with Crippen molar-refractivity contribution in [2.75, 3.05) is 0 Å². The molecule has 0 aliphatic rings. The van der Waals surface area contributed by atoms with Gasteiger partial charge in [0.2, 0.25) is 0 Å². The van der Waals surface area contributed by atoms with Crippen molar-refractivity contribution in [1.82, 2.24) is 9.78 Å². The highest BCUT2D eigenvalue weighted by Gasteiger charge is 2.08. The molecule has 0 radical (unpaired) electrons. The topological polar surface area (TPSA) is 17.8 Å². The Morgan fingerprint density at radius 2 is 1.85 bits per heavy atom. The third kappa shape index (κ3) is 4.03. The number of halogens is 1. The fraction of sp³-hybridized carbons (Fsp3) is 0.438. The van der Waals surface area contributed by atoms with Crippen molar-refractivity contribution in [3.05, 3.63) is 47.8 Å². The molecular formula is C16H21ClN2S. The summed E-state index contributed by atoms with van der Waals surface area (Å²) in [6, 6.07) is 11.1. The first-order chi connectivity index (χ1) is 9.76. The van der Waals surface area contributed by atoms with Gasteiger partial charge in [-0.15, -0.1) is 23.4 Å². The molecule has 0 aliphatic heterocycles. The minimum Gasteiger partial charge on any atom is -0.269 e. The van der Waals surface area contributed by atoms with E-state index in [1.165, 1.54) is 4.90 Å². The minimum absolute atomic E-state index is 0.525. The summed E-state index contributed by atoms with van der Waals surface area (Å²) in [6.45, 7) is 4.42. The molecule has 4 heteroatoms. The van der Waals surface area contributed by atoms with Crippen molar-refractivity contribution >= 4 is 23.4 Å². The van der Waals surface area contributed by atoms with Crippen LogP contribution >= 0.6 is 23.4 Å². The van der Waals surface area contributed by atoms with E-state index in [4.69, 9.17) is 11.6 Å². The molecule has 0 saturated heterocycles. The molecule has 0 unspecified atom stereocenters. The lowest BCUT2D eigenvalue weighted by Gasteiger charge is -2.12. The molecule has 0 spiro atoms. The molecule has 0 bridgehead atoms. The van der Waals surface area contributed by atoms with E-state index in [0.717, 1.165) is 29.9 Å². The Balaban J connectivity index is 1.93. The Kier molecular flexibility index (Phi) is 5.99. The van der Waals surface area contributed by atoms with E-state index in [1.807, 2.05) is 11.8 Å². The zero-order chi connectivity index (χ0) is 14.4. The number of aromatic nitrogens is 2. The maximum absolute atomic E-state index is 5.79. The van der Waals surface area contributed by atoms with Crippen LogP contribution in [0, 0.1) is 0 Å². The molecule has 1 aromatic carbocycles. The lowest BCUT2D eigenvalue weighted by molar-refractivity contribution is 0.426. The molecule has 0 fully saturated rings. The maximum atomic E-state index is 5.79. The maximum Gasteiger partial charge on any atom is 0.0727 e. The summed E-state index contributed by atoms with van der Waals surface area (Å²) in [4.78, 5) is 1.26. The summed E-state index contributed by atoms with van der Waals surface area (Å²) in [5.41, 5.74) is 2.30. The third-order valence-electron chi connectivity index (χ3n) is 3.44. The van der Waals surface area contributed by atoms with Gasteiger partial charge in [0.15, 0.2) is 0 Å². The van der Waals surface area contributed by atoms with Crippen molar-refractivity contribution < 1.29 is 0 Å². The zero-order valence-corrected chi connectivity index (χ0v) is 13.6. The van der Waals surface area contributed by atoms with E-state index in [0.29, 0.717) is 11.9 Å². The summed E-state index contributed by atoms with van der Waals surface area (Å²) in [5.74, 6) is 1.48. The molecule has 0 amide bonds. The Labute approximate surface area is 130 Å². The van der Waals surface area contributed by atoms with Gasteiger partial charge in [-0.05, 0) is 36.6 Å². The number of rotatable bonds is 7. The molecule has 0 N–H and O–H groups in total. The van der Waals surface area contributed by atoms with E-state index < -0.39 is 0 Å². The summed E-state index contributed by atoms with van der Waals surface area (Å²) in [7, 11) is 0.